The van der Waals surface area contributed by atoms with Crippen molar-refractivity contribution < 1.29 is 18.0 Å². The Morgan fingerprint density at radius 3 is 2.48 bits per heavy atom. The summed E-state index contributed by atoms with van der Waals surface area (Å²) < 4.78 is 37.7. The number of carbonyl (C=O) groups excluding carboxylic acids is 1. The molecular formula is C14H18F3N3O. The van der Waals surface area contributed by atoms with Crippen LogP contribution in [0.15, 0.2) is 18.2 Å². The van der Waals surface area contributed by atoms with Crippen LogP contribution in [0.2, 0.25) is 0 Å². The van der Waals surface area contributed by atoms with Crippen molar-refractivity contribution in [1.82, 2.24) is 4.90 Å². The van der Waals surface area contributed by atoms with Crippen molar-refractivity contribution >= 4 is 17.3 Å². The lowest BCUT2D eigenvalue weighted by Crippen LogP contribution is -2.39. The van der Waals surface area contributed by atoms with E-state index in [4.69, 9.17) is 5.73 Å². The molecule has 0 aliphatic carbocycles. The fourth-order valence-corrected chi connectivity index (χ4v) is 2.38. The van der Waals surface area contributed by atoms with E-state index >= 15 is 0 Å². The predicted octanol–water partition coefficient (Wildman–Crippen LogP) is 2.71. The molecule has 1 atom stereocenters. The maximum absolute atomic E-state index is 12.6. The molecule has 7 heteroatoms. The lowest BCUT2D eigenvalue weighted by Gasteiger charge is -2.22. The third-order valence-corrected chi connectivity index (χ3v) is 3.54. The number of nitrogens with zero attached hydrogens (tertiary/aromatic N) is 1. The number of amides is 1. The minimum Gasteiger partial charge on any atom is -0.397 e. The molecule has 1 heterocycles. The van der Waals surface area contributed by atoms with E-state index < -0.39 is 17.8 Å². The summed E-state index contributed by atoms with van der Waals surface area (Å²) >= 11 is 0. The number of hydrogen-bond donors (Lipinski definition) is 2. The molecule has 1 amide bonds. The summed E-state index contributed by atoms with van der Waals surface area (Å²) in [6, 6.07) is 2.55. The molecule has 1 aromatic carbocycles. The van der Waals surface area contributed by atoms with Gasteiger partial charge in [0.2, 0.25) is 5.91 Å². The summed E-state index contributed by atoms with van der Waals surface area (Å²) in [5.74, 6) is -0.0632. The standard InChI is InChI=1S/C14H18F3N3O/c1-9(13(21)20-6-2-3-7-20)19-12-5-4-10(8-11(12)18)14(15,16)17/h4-5,8-9,19H,2-3,6-7,18H2,1H3. The van der Waals surface area contributed by atoms with Gasteiger partial charge in [0.1, 0.15) is 6.04 Å². The largest absolute Gasteiger partial charge is 0.416 e. The topological polar surface area (TPSA) is 58.4 Å². The van der Waals surface area contributed by atoms with Crippen LogP contribution in [0.25, 0.3) is 0 Å². The number of nitrogens with one attached hydrogen (secondary N) is 1. The zero-order chi connectivity index (χ0) is 15.6. The summed E-state index contributed by atoms with van der Waals surface area (Å²) in [7, 11) is 0. The van der Waals surface area contributed by atoms with Gasteiger partial charge in [-0.15, -0.1) is 0 Å². The fourth-order valence-electron chi connectivity index (χ4n) is 2.38. The second-order valence-corrected chi connectivity index (χ2v) is 5.20. The predicted molar refractivity (Wildman–Crippen MR) is 74.8 cm³/mol. The summed E-state index contributed by atoms with van der Waals surface area (Å²) in [5, 5.41) is 2.88. The molecule has 1 unspecified atom stereocenters. The van der Waals surface area contributed by atoms with Gasteiger partial charge in [-0.3, -0.25) is 4.79 Å². The molecule has 3 N–H and O–H groups in total. The number of likely N-dealkylation sites (tertiary alicyclic amines) is 1. The third kappa shape index (κ3) is 3.59. The SMILES string of the molecule is CC(Nc1ccc(C(F)(F)F)cc1N)C(=O)N1CCCC1. The van der Waals surface area contributed by atoms with Crippen LogP contribution in [0.1, 0.15) is 25.3 Å². The Bertz CT molecular complexity index is 525. The van der Waals surface area contributed by atoms with Gasteiger partial charge < -0.3 is 16.0 Å². The van der Waals surface area contributed by atoms with Gasteiger partial charge in [-0.25, -0.2) is 0 Å². The lowest BCUT2D eigenvalue weighted by molar-refractivity contribution is -0.137. The molecule has 1 aliphatic rings. The molecule has 4 nitrogen and oxygen atoms in total. The normalized spacial score (nSPS) is 16.9. The molecule has 0 spiro atoms. The minimum absolute atomic E-state index is 0.0223. The maximum Gasteiger partial charge on any atom is 0.416 e. The Morgan fingerprint density at radius 2 is 1.95 bits per heavy atom. The van der Waals surface area contributed by atoms with Crippen LogP contribution < -0.4 is 11.1 Å². The molecule has 0 radical (unpaired) electrons. The van der Waals surface area contributed by atoms with Crippen LogP contribution >= 0.6 is 0 Å². The van der Waals surface area contributed by atoms with E-state index in [9.17, 15) is 18.0 Å². The number of benzene rings is 1. The number of rotatable bonds is 3. The van der Waals surface area contributed by atoms with Crippen LogP contribution in [0.4, 0.5) is 24.5 Å². The van der Waals surface area contributed by atoms with E-state index in [-0.39, 0.29) is 11.6 Å². The Morgan fingerprint density at radius 1 is 1.33 bits per heavy atom. The molecule has 116 valence electrons. The van der Waals surface area contributed by atoms with Crippen LogP contribution in [0.3, 0.4) is 0 Å². The number of nitrogens with two attached hydrogens (primary N) is 1. The van der Waals surface area contributed by atoms with Crippen molar-refractivity contribution in [2.45, 2.75) is 32.0 Å². The smallest absolute Gasteiger partial charge is 0.397 e. The highest BCUT2D eigenvalue weighted by molar-refractivity contribution is 5.85. The van der Waals surface area contributed by atoms with Crippen LogP contribution in [-0.4, -0.2) is 29.9 Å². The first kappa shape index (κ1) is 15.5. The van der Waals surface area contributed by atoms with E-state index in [0.717, 1.165) is 38.1 Å². The Labute approximate surface area is 121 Å². The van der Waals surface area contributed by atoms with Crippen molar-refractivity contribution in [3.8, 4) is 0 Å². The van der Waals surface area contributed by atoms with Crippen LogP contribution in [0, 0.1) is 0 Å². The quantitative estimate of drug-likeness (QED) is 0.844. The van der Waals surface area contributed by atoms with E-state index in [1.54, 1.807) is 11.8 Å². The second-order valence-electron chi connectivity index (χ2n) is 5.20. The minimum atomic E-state index is -4.43. The number of hydrogen-bond acceptors (Lipinski definition) is 3. The number of carbonyl (C=O) groups is 1. The van der Waals surface area contributed by atoms with E-state index in [1.165, 1.54) is 6.07 Å². The van der Waals surface area contributed by atoms with Gasteiger partial charge in [0.05, 0.1) is 16.9 Å². The molecule has 21 heavy (non-hydrogen) atoms. The van der Waals surface area contributed by atoms with Crippen LogP contribution in [-0.2, 0) is 11.0 Å². The van der Waals surface area contributed by atoms with Gasteiger partial charge in [-0.2, -0.15) is 13.2 Å². The van der Waals surface area contributed by atoms with Crippen molar-refractivity contribution in [1.29, 1.82) is 0 Å². The number of nitrogen functional groups attached to an aromatic ring is 1. The van der Waals surface area contributed by atoms with Crippen molar-refractivity contribution in [3.05, 3.63) is 23.8 Å². The molecular weight excluding hydrogens is 283 g/mol. The molecule has 1 aromatic rings. The van der Waals surface area contributed by atoms with Crippen molar-refractivity contribution in [2.24, 2.45) is 0 Å². The third-order valence-electron chi connectivity index (χ3n) is 3.54. The zero-order valence-electron chi connectivity index (χ0n) is 11.7. The average molecular weight is 301 g/mol. The molecule has 1 fully saturated rings. The highest BCUT2D eigenvalue weighted by Gasteiger charge is 2.31. The number of halogens is 3. The highest BCUT2D eigenvalue weighted by Crippen LogP contribution is 2.33. The van der Waals surface area contributed by atoms with Gasteiger partial charge in [-0.1, -0.05) is 0 Å². The fraction of sp³-hybridized carbons (Fsp3) is 0.500. The maximum atomic E-state index is 12.6. The van der Waals surface area contributed by atoms with Crippen molar-refractivity contribution in [2.75, 3.05) is 24.1 Å². The first-order valence-electron chi connectivity index (χ1n) is 6.81. The number of anilines is 2. The molecule has 0 aromatic heterocycles. The molecule has 0 bridgehead atoms. The first-order chi connectivity index (χ1) is 9.79. The Kier molecular flexibility index (Phi) is 4.29. The molecule has 1 saturated heterocycles. The summed E-state index contributed by atoms with van der Waals surface area (Å²) in [5.41, 5.74) is 5.14. The van der Waals surface area contributed by atoms with Gasteiger partial charge in [0.25, 0.3) is 0 Å². The molecule has 1 aliphatic heterocycles. The van der Waals surface area contributed by atoms with Gasteiger partial charge in [0, 0.05) is 13.1 Å². The van der Waals surface area contributed by atoms with Gasteiger partial charge in [-0.05, 0) is 38.0 Å². The Hall–Kier alpha value is -1.92. The monoisotopic (exact) mass is 301 g/mol. The van der Waals surface area contributed by atoms with E-state index in [0.29, 0.717) is 5.69 Å². The van der Waals surface area contributed by atoms with E-state index in [2.05, 4.69) is 5.32 Å². The van der Waals surface area contributed by atoms with E-state index in [1.807, 2.05) is 0 Å². The lowest BCUT2D eigenvalue weighted by atomic mass is 10.1. The molecule has 2 rings (SSSR count). The van der Waals surface area contributed by atoms with Gasteiger partial charge >= 0.3 is 6.18 Å². The Balaban J connectivity index is 2.07. The summed E-state index contributed by atoms with van der Waals surface area (Å²) in [4.78, 5) is 13.9. The average Bonchev–Trinajstić information content (AvgIpc) is 2.92. The summed E-state index contributed by atoms with van der Waals surface area (Å²) in [6.07, 6.45) is -2.45. The zero-order valence-corrected chi connectivity index (χ0v) is 11.7. The van der Waals surface area contributed by atoms with Gasteiger partial charge in [0.15, 0.2) is 0 Å². The summed E-state index contributed by atoms with van der Waals surface area (Å²) in [6.45, 7) is 3.14. The second kappa shape index (κ2) is 5.83. The molecule has 0 saturated carbocycles. The number of alkyl halides is 3. The first-order valence-corrected chi connectivity index (χ1v) is 6.81. The van der Waals surface area contributed by atoms with Crippen molar-refractivity contribution in [3.63, 3.8) is 0 Å². The highest BCUT2D eigenvalue weighted by atomic mass is 19.4. The van der Waals surface area contributed by atoms with Crippen LogP contribution in [0.5, 0.6) is 0 Å².